The Morgan fingerprint density at radius 3 is 0.926 bits per heavy atom. The summed E-state index contributed by atoms with van der Waals surface area (Å²) in [6.45, 7) is 12.2. The first-order valence-corrected chi connectivity index (χ1v) is 36.9. The van der Waals surface area contributed by atoms with E-state index in [1.165, 1.54) is 208 Å². The molecule has 13 rings (SSSR count). The molecule has 0 atom stereocenters. The summed E-state index contributed by atoms with van der Waals surface area (Å²) in [6.07, 6.45) is 15.5. The Bertz CT molecular complexity index is 4150. The van der Waals surface area contributed by atoms with E-state index >= 15 is 0 Å². The van der Waals surface area contributed by atoms with E-state index in [0.717, 1.165) is 6.54 Å². The Labute approximate surface area is 519 Å². The van der Waals surface area contributed by atoms with E-state index in [4.69, 9.17) is 0 Å². The minimum Gasteiger partial charge on any atom is -0.340 e. The van der Waals surface area contributed by atoms with Crippen molar-refractivity contribution in [3.63, 3.8) is 0 Å². The van der Waals surface area contributed by atoms with E-state index in [-0.39, 0.29) is 0 Å². The molecule has 0 unspecified atom stereocenters. The molecule has 1 nitrogen and oxygen atoms in total. The maximum Gasteiger partial charge on any atom is 0.0491 e. The molecule has 0 spiro atoms. The van der Waals surface area contributed by atoms with E-state index in [9.17, 15) is 0 Å². The van der Waals surface area contributed by atoms with Gasteiger partial charge in [-0.15, -0.1) is 113 Å². The lowest BCUT2D eigenvalue weighted by atomic mass is 10.1. The van der Waals surface area contributed by atoms with Crippen LogP contribution in [-0.2, 0) is 19.4 Å². The van der Waals surface area contributed by atoms with Crippen LogP contribution in [0.2, 0.25) is 0 Å². The lowest BCUT2D eigenvalue weighted by Crippen LogP contribution is -1.96. The zero-order chi connectivity index (χ0) is 55.2. The van der Waals surface area contributed by atoms with Crippen LogP contribution in [0.4, 0.5) is 0 Å². The molecule has 412 valence electrons. The quantitative estimate of drug-likeness (QED) is 0.0596. The van der Waals surface area contributed by atoms with Gasteiger partial charge in [0.25, 0.3) is 0 Å². The molecule has 0 aliphatic heterocycles. The number of aryl methyl sites for hydroxylation is 5. The second kappa shape index (κ2) is 26.4. The van der Waals surface area contributed by atoms with Gasteiger partial charge in [0.2, 0.25) is 0 Å². The zero-order valence-electron chi connectivity index (χ0n) is 46.7. The van der Waals surface area contributed by atoms with Crippen LogP contribution in [0, 0.1) is 13.8 Å². The van der Waals surface area contributed by atoms with Crippen LogP contribution in [0.1, 0.15) is 104 Å². The van der Waals surface area contributed by atoms with E-state index in [2.05, 4.69) is 197 Å². The van der Waals surface area contributed by atoms with Crippen molar-refractivity contribution in [3.05, 3.63) is 177 Å². The number of benzene rings is 2. The summed E-state index contributed by atoms with van der Waals surface area (Å²) in [5.41, 5.74) is 5.29. The van der Waals surface area contributed by atoms with Gasteiger partial charge in [-0.25, -0.2) is 0 Å². The molecular weight excluding hydrogens is 1180 g/mol. The highest BCUT2D eigenvalue weighted by atomic mass is 32.1. The number of nitrogens with zero attached hydrogens (tertiary/aromatic N) is 1. The number of fused-ring (bicyclic) bond motifs is 3. The highest BCUT2D eigenvalue weighted by molar-refractivity contribution is 7.30. The van der Waals surface area contributed by atoms with Crippen LogP contribution in [0.25, 0.3) is 111 Å². The van der Waals surface area contributed by atoms with Crippen molar-refractivity contribution in [3.8, 4) is 89.2 Å². The molecule has 11 heteroatoms. The van der Waals surface area contributed by atoms with E-state index in [1.807, 2.05) is 113 Å². The van der Waals surface area contributed by atoms with Gasteiger partial charge < -0.3 is 4.57 Å². The van der Waals surface area contributed by atoms with Crippen molar-refractivity contribution in [2.75, 3.05) is 0 Å². The minimum absolute atomic E-state index is 1.05. The second-order valence-electron chi connectivity index (χ2n) is 20.9. The van der Waals surface area contributed by atoms with Crippen molar-refractivity contribution in [2.24, 2.45) is 0 Å². The molecule has 0 fully saturated rings. The largest absolute Gasteiger partial charge is 0.340 e. The third-order valence-electron chi connectivity index (χ3n) is 14.9. The molecule has 0 saturated carbocycles. The predicted octanol–water partition coefficient (Wildman–Crippen LogP) is 26.8. The van der Waals surface area contributed by atoms with Gasteiger partial charge in [0, 0.05) is 126 Å². The summed E-state index contributed by atoms with van der Waals surface area (Å²) in [4.78, 5) is 27.7. The summed E-state index contributed by atoms with van der Waals surface area (Å²) in [7, 11) is 0. The first-order chi connectivity index (χ1) is 39.8. The normalized spacial score (nSPS) is 11.7. The standard InChI is InChI=1S/C47H43NS6.C23H24S4/c1-4-6-8-9-10-33-14-18-40(50-33)41-21-22-44(52-41)45-25-26-47(54-45)46-24-23-43(53-46)42-20-19-39(51-42)32-13-16-37-35(29-32)34-28-31(38-17-11-30(3)49-38)12-15-36(34)48(37)27-7-5-2;1-3-4-5-6-7-17-9-11-19(25-17)21-13-15-23(27-21)22-14-12-20(26-22)18-10-8-16(2)24-18/h11-26,28-29H,4-10,27H2,1-3H3;8-15H,3-7H2,1-2H3. The van der Waals surface area contributed by atoms with Crippen molar-refractivity contribution in [2.45, 2.75) is 118 Å². The first-order valence-electron chi connectivity index (χ1n) is 28.8. The smallest absolute Gasteiger partial charge is 0.0491 e. The van der Waals surface area contributed by atoms with Crippen LogP contribution in [0.5, 0.6) is 0 Å². The number of unbranched alkanes of at least 4 members (excludes halogenated alkanes) is 7. The van der Waals surface area contributed by atoms with Gasteiger partial charge in [0.15, 0.2) is 0 Å². The number of rotatable bonds is 22. The Balaban J connectivity index is 0.000000202. The van der Waals surface area contributed by atoms with Crippen molar-refractivity contribution < 1.29 is 0 Å². The third-order valence-corrected chi connectivity index (χ3v) is 27.1. The van der Waals surface area contributed by atoms with E-state index in [0.29, 0.717) is 0 Å². The molecule has 0 saturated heterocycles. The number of hydrogen-bond acceptors (Lipinski definition) is 10. The fourth-order valence-electron chi connectivity index (χ4n) is 10.5. The zero-order valence-corrected chi connectivity index (χ0v) is 54.9. The molecule has 0 aliphatic carbocycles. The summed E-state index contributed by atoms with van der Waals surface area (Å²) in [5.74, 6) is 0. The Hall–Kier alpha value is -4.76. The lowest BCUT2D eigenvalue weighted by molar-refractivity contribution is 0.665. The molecule has 2 aromatic carbocycles. The average Bonchev–Trinajstić information content (AvgIpc) is 4.52. The second-order valence-corrected chi connectivity index (χ2v) is 32.3. The molecule has 0 aliphatic rings. The van der Waals surface area contributed by atoms with Gasteiger partial charge in [0.1, 0.15) is 0 Å². The molecule has 0 N–H and O–H groups in total. The first kappa shape index (κ1) is 56.7. The SMILES string of the molecule is CCCCCCc1ccc(-c2ccc(-c3ccc(-c4ccc(-c5ccc(-c6ccc7c(c6)c6cc(-c8ccc(C)s8)ccc6n7CCCC)s5)s4)s3)s2)s1.CCCCCCc1ccc(-c2ccc(-c3ccc(-c4ccc(C)s4)s3)s2)s1. The predicted molar refractivity (Wildman–Crippen MR) is 374 cm³/mol. The van der Waals surface area contributed by atoms with Crippen LogP contribution >= 0.6 is 113 Å². The van der Waals surface area contributed by atoms with Gasteiger partial charge in [0.05, 0.1) is 0 Å². The maximum absolute atomic E-state index is 2.54. The molecule has 0 bridgehead atoms. The van der Waals surface area contributed by atoms with Crippen LogP contribution in [-0.4, -0.2) is 4.57 Å². The van der Waals surface area contributed by atoms with Gasteiger partial charge in [-0.2, -0.15) is 0 Å². The molecule has 11 aromatic heterocycles. The fraction of sp³-hybridized carbons (Fsp3) is 0.257. The summed E-state index contributed by atoms with van der Waals surface area (Å²) in [5, 5.41) is 2.71. The molecule has 11 heterocycles. The summed E-state index contributed by atoms with van der Waals surface area (Å²) < 4.78 is 2.54. The van der Waals surface area contributed by atoms with Crippen molar-refractivity contribution in [1.82, 2.24) is 4.57 Å². The Morgan fingerprint density at radius 1 is 0.272 bits per heavy atom. The van der Waals surface area contributed by atoms with E-state index in [1.54, 1.807) is 0 Å². The van der Waals surface area contributed by atoms with Crippen molar-refractivity contribution >= 4 is 135 Å². The molecule has 81 heavy (non-hydrogen) atoms. The van der Waals surface area contributed by atoms with Crippen LogP contribution < -0.4 is 0 Å². The van der Waals surface area contributed by atoms with Crippen LogP contribution in [0.3, 0.4) is 0 Å². The maximum atomic E-state index is 2.54. The number of thiophene rings is 10. The number of hydrogen-bond donors (Lipinski definition) is 0. The van der Waals surface area contributed by atoms with E-state index < -0.39 is 0 Å². The summed E-state index contributed by atoms with van der Waals surface area (Å²) in [6, 6.07) is 60.1. The third kappa shape index (κ3) is 13.1. The molecular formula is C70H67NS10. The number of aromatic nitrogens is 1. The monoisotopic (exact) mass is 1240 g/mol. The highest BCUT2D eigenvalue weighted by Gasteiger charge is 2.18. The topological polar surface area (TPSA) is 4.93 Å². The molecule has 0 radical (unpaired) electrons. The lowest BCUT2D eigenvalue weighted by Gasteiger charge is -2.07. The average molecular weight is 1240 g/mol. The van der Waals surface area contributed by atoms with Crippen LogP contribution in [0.15, 0.2) is 158 Å². The molecule has 0 amide bonds. The summed E-state index contributed by atoms with van der Waals surface area (Å²) >= 11 is 19.2. The van der Waals surface area contributed by atoms with Gasteiger partial charge in [-0.05, 0) is 203 Å². The Kier molecular flexibility index (Phi) is 18.5. The Morgan fingerprint density at radius 2 is 0.568 bits per heavy atom. The van der Waals surface area contributed by atoms with Gasteiger partial charge in [-0.1, -0.05) is 77.8 Å². The fourth-order valence-corrected chi connectivity index (χ4v) is 21.0. The minimum atomic E-state index is 1.05. The molecule has 13 aromatic rings. The van der Waals surface area contributed by atoms with Gasteiger partial charge in [-0.3, -0.25) is 0 Å². The van der Waals surface area contributed by atoms with Crippen molar-refractivity contribution in [1.29, 1.82) is 0 Å². The van der Waals surface area contributed by atoms with Gasteiger partial charge >= 0.3 is 0 Å². The highest BCUT2D eigenvalue weighted by Crippen LogP contribution is 2.48.